The molecule has 0 saturated carbocycles. The third kappa shape index (κ3) is 5.24. The van der Waals surface area contributed by atoms with Gasteiger partial charge in [-0.15, -0.1) is 0 Å². The first-order chi connectivity index (χ1) is 5.61. The van der Waals surface area contributed by atoms with Crippen LogP contribution in [0.5, 0.6) is 0 Å². The van der Waals surface area contributed by atoms with Gasteiger partial charge in [-0.3, -0.25) is 4.79 Å². The second-order valence-corrected chi connectivity index (χ2v) is 4.75. The van der Waals surface area contributed by atoms with Gasteiger partial charge in [0, 0.05) is 10.5 Å². The lowest BCUT2D eigenvalue weighted by Gasteiger charge is -2.19. The van der Waals surface area contributed by atoms with E-state index in [9.17, 15) is 4.79 Å². The van der Waals surface area contributed by atoms with Crippen molar-refractivity contribution in [2.75, 3.05) is 16.4 Å². The Kier molecular flexibility index (Phi) is 7.32. The van der Waals surface area contributed by atoms with E-state index in [-0.39, 0.29) is 5.91 Å². The Bertz CT molecular complexity index is 141. The number of hydrogen-bond acceptors (Lipinski definition) is 2. The van der Waals surface area contributed by atoms with Gasteiger partial charge in [-0.2, -0.15) is 11.8 Å². The first-order valence-electron chi connectivity index (χ1n) is 3.96. The summed E-state index contributed by atoms with van der Waals surface area (Å²) in [4.78, 5) is 11.2. The number of halogens is 1. The summed E-state index contributed by atoms with van der Waals surface area (Å²) >= 11 is 3.86. The number of carbonyl (C=O) groups excluding carboxylic acids is 1. The van der Waals surface area contributed by atoms with Crippen molar-refractivity contribution in [3.8, 4) is 0 Å². The molecule has 0 aromatic carbocycles. The molecule has 0 aromatic heterocycles. The molecule has 72 valence electrons. The second-order valence-electron chi connectivity index (χ2n) is 3.01. The molecule has 12 heavy (non-hydrogen) atoms. The minimum absolute atomic E-state index is 0.151. The van der Waals surface area contributed by atoms with Crippen molar-refractivity contribution in [1.29, 1.82) is 0 Å². The molecular formula is C8H16INOS. The van der Waals surface area contributed by atoms with E-state index in [4.69, 9.17) is 0 Å². The van der Waals surface area contributed by atoms with Crippen LogP contribution in [0.4, 0.5) is 0 Å². The monoisotopic (exact) mass is 301 g/mol. The fraction of sp³-hybridized carbons (Fsp3) is 0.875. The largest absolute Gasteiger partial charge is 0.352 e. The minimum atomic E-state index is 0.151. The van der Waals surface area contributed by atoms with Gasteiger partial charge in [-0.05, 0) is 12.2 Å². The molecule has 1 atom stereocenters. The number of carbonyl (C=O) groups is 1. The van der Waals surface area contributed by atoms with E-state index in [1.807, 2.05) is 6.26 Å². The number of nitrogens with one attached hydrogen (secondary N) is 1. The molecule has 0 aliphatic rings. The van der Waals surface area contributed by atoms with Gasteiger partial charge in [0.05, 0.1) is 5.75 Å². The first-order valence-corrected chi connectivity index (χ1v) is 6.88. The molecule has 4 heteroatoms. The van der Waals surface area contributed by atoms with Crippen LogP contribution >= 0.6 is 34.4 Å². The quantitative estimate of drug-likeness (QED) is 0.621. The Labute approximate surface area is 92.4 Å². The lowest BCUT2D eigenvalue weighted by molar-refractivity contribution is -0.119. The molecule has 0 rings (SSSR count). The summed E-state index contributed by atoms with van der Waals surface area (Å²) < 4.78 is 0.982. The second kappa shape index (κ2) is 7.00. The van der Waals surface area contributed by atoms with Gasteiger partial charge in [0.1, 0.15) is 0 Å². The summed E-state index contributed by atoms with van der Waals surface area (Å²) in [5.74, 6) is 1.24. The SMILES string of the molecule is CSCC(=O)NC(CI)C(C)C. The molecule has 0 spiro atoms. The van der Waals surface area contributed by atoms with E-state index in [0.717, 1.165) is 4.43 Å². The molecule has 2 nitrogen and oxygen atoms in total. The van der Waals surface area contributed by atoms with Crippen LogP contribution in [0.3, 0.4) is 0 Å². The van der Waals surface area contributed by atoms with Crippen LogP contribution < -0.4 is 5.32 Å². The summed E-state index contributed by atoms with van der Waals surface area (Å²) in [5.41, 5.74) is 0. The van der Waals surface area contributed by atoms with Gasteiger partial charge in [-0.25, -0.2) is 0 Å². The van der Waals surface area contributed by atoms with Crippen LogP contribution in [0.1, 0.15) is 13.8 Å². The molecule has 0 aromatic rings. The van der Waals surface area contributed by atoms with Crippen LogP contribution in [0.2, 0.25) is 0 Å². The molecule has 0 bridgehead atoms. The van der Waals surface area contributed by atoms with E-state index in [1.54, 1.807) is 11.8 Å². The molecule has 0 saturated heterocycles. The highest BCUT2D eigenvalue weighted by molar-refractivity contribution is 14.1. The van der Waals surface area contributed by atoms with Crippen molar-refractivity contribution in [3.63, 3.8) is 0 Å². The van der Waals surface area contributed by atoms with Crippen LogP contribution in [-0.2, 0) is 4.79 Å². The summed E-state index contributed by atoms with van der Waals surface area (Å²) in [6, 6.07) is 0.324. The van der Waals surface area contributed by atoms with Crippen molar-refractivity contribution in [1.82, 2.24) is 5.32 Å². The van der Waals surface area contributed by atoms with E-state index in [1.165, 1.54) is 0 Å². The van der Waals surface area contributed by atoms with Gasteiger partial charge in [0.2, 0.25) is 5.91 Å². The maximum absolute atomic E-state index is 11.2. The maximum atomic E-state index is 11.2. The highest BCUT2D eigenvalue weighted by Gasteiger charge is 2.13. The molecule has 0 radical (unpaired) electrons. The van der Waals surface area contributed by atoms with Gasteiger partial charge in [0.15, 0.2) is 0 Å². The van der Waals surface area contributed by atoms with Gasteiger partial charge >= 0.3 is 0 Å². The zero-order valence-electron chi connectivity index (χ0n) is 7.76. The number of amides is 1. The lowest BCUT2D eigenvalue weighted by atomic mass is 10.1. The zero-order valence-corrected chi connectivity index (χ0v) is 10.7. The van der Waals surface area contributed by atoms with E-state index < -0.39 is 0 Å². The molecule has 1 N–H and O–H groups in total. The molecule has 1 amide bonds. The molecule has 0 aliphatic heterocycles. The van der Waals surface area contributed by atoms with Crippen molar-refractivity contribution < 1.29 is 4.79 Å². The highest BCUT2D eigenvalue weighted by Crippen LogP contribution is 2.05. The number of alkyl halides is 1. The molecule has 0 heterocycles. The van der Waals surface area contributed by atoms with E-state index in [0.29, 0.717) is 17.7 Å². The molecule has 0 fully saturated rings. The lowest BCUT2D eigenvalue weighted by Crippen LogP contribution is -2.40. The summed E-state index contributed by atoms with van der Waals surface area (Å²) in [6.07, 6.45) is 1.94. The third-order valence-electron chi connectivity index (χ3n) is 1.59. The molecule has 0 aliphatic carbocycles. The van der Waals surface area contributed by atoms with E-state index >= 15 is 0 Å². The fourth-order valence-corrected chi connectivity index (χ4v) is 2.35. The predicted octanol–water partition coefficient (Wildman–Crippen LogP) is 1.93. The standard InChI is InChI=1S/C8H16INOS/c1-6(2)7(4-9)10-8(11)5-12-3/h6-7H,4-5H2,1-3H3,(H,10,11). The Morgan fingerprint density at radius 1 is 1.58 bits per heavy atom. The Morgan fingerprint density at radius 3 is 2.50 bits per heavy atom. The Balaban J connectivity index is 3.77. The maximum Gasteiger partial charge on any atom is 0.230 e. The summed E-state index contributed by atoms with van der Waals surface area (Å²) in [6.45, 7) is 4.26. The van der Waals surface area contributed by atoms with E-state index in [2.05, 4.69) is 41.8 Å². The van der Waals surface area contributed by atoms with Crippen molar-refractivity contribution in [2.45, 2.75) is 19.9 Å². The minimum Gasteiger partial charge on any atom is -0.352 e. The van der Waals surface area contributed by atoms with Crippen molar-refractivity contribution >= 4 is 40.3 Å². The third-order valence-corrected chi connectivity index (χ3v) is 3.09. The smallest absolute Gasteiger partial charge is 0.230 e. The predicted molar refractivity (Wildman–Crippen MR) is 64.0 cm³/mol. The van der Waals surface area contributed by atoms with Crippen LogP contribution in [0, 0.1) is 5.92 Å². The Hall–Kier alpha value is 0.550. The van der Waals surface area contributed by atoms with Crippen molar-refractivity contribution in [3.05, 3.63) is 0 Å². The first kappa shape index (κ1) is 12.6. The number of hydrogen-bond donors (Lipinski definition) is 1. The van der Waals surface area contributed by atoms with Crippen LogP contribution in [-0.4, -0.2) is 28.4 Å². The average molecular weight is 301 g/mol. The van der Waals surface area contributed by atoms with Gasteiger partial charge in [-0.1, -0.05) is 36.4 Å². The van der Waals surface area contributed by atoms with Gasteiger partial charge in [0.25, 0.3) is 0 Å². The topological polar surface area (TPSA) is 29.1 Å². The van der Waals surface area contributed by atoms with Crippen LogP contribution in [0.15, 0.2) is 0 Å². The van der Waals surface area contributed by atoms with Crippen LogP contribution in [0.25, 0.3) is 0 Å². The fourth-order valence-electron chi connectivity index (χ4n) is 0.763. The van der Waals surface area contributed by atoms with Crippen molar-refractivity contribution in [2.24, 2.45) is 5.92 Å². The highest BCUT2D eigenvalue weighted by atomic mass is 127. The zero-order chi connectivity index (χ0) is 9.56. The summed E-state index contributed by atoms with van der Waals surface area (Å²) in [5, 5.41) is 3.00. The number of thioether (sulfide) groups is 1. The van der Waals surface area contributed by atoms with Gasteiger partial charge < -0.3 is 5.32 Å². The molecular weight excluding hydrogens is 285 g/mol. The summed E-state index contributed by atoms with van der Waals surface area (Å²) in [7, 11) is 0. The normalized spacial score (nSPS) is 13.1. The average Bonchev–Trinajstić information content (AvgIpc) is 2.00. The molecule has 1 unspecified atom stereocenters. The Morgan fingerprint density at radius 2 is 2.17 bits per heavy atom. The number of rotatable bonds is 5.